The van der Waals surface area contributed by atoms with Crippen LogP contribution in [0.15, 0.2) is 36.5 Å². The van der Waals surface area contributed by atoms with Crippen LogP contribution in [-0.4, -0.2) is 5.78 Å². The molecule has 0 radical (unpaired) electrons. The molecule has 0 fully saturated rings. The number of Topliss-reactive ketones (excluding diaryl/α,β-unsaturated/α-hetero) is 1. The maximum absolute atomic E-state index is 11.2. The molecule has 0 saturated heterocycles. The van der Waals surface area contributed by atoms with Crippen molar-refractivity contribution < 1.29 is 4.79 Å². The van der Waals surface area contributed by atoms with E-state index in [9.17, 15) is 4.79 Å². The Bertz CT molecular complexity index is 315. The number of ketones is 1. The van der Waals surface area contributed by atoms with E-state index in [4.69, 9.17) is 0 Å². The van der Waals surface area contributed by atoms with Gasteiger partial charge in [0.1, 0.15) is 5.78 Å². The van der Waals surface area contributed by atoms with Crippen molar-refractivity contribution in [3.8, 4) is 0 Å². The molecule has 0 rings (SSSR count). The van der Waals surface area contributed by atoms with Gasteiger partial charge < -0.3 is 0 Å². The Hall–Kier alpha value is -1.11. The van der Waals surface area contributed by atoms with Crippen LogP contribution in [-0.2, 0) is 4.79 Å². The lowest BCUT2D eigenvalue weighted by molar-refractivity contribution is -0.126. The van der Waals surface area contributed by atoms with Gasteiger partial charge in [-0.1, -0.05) is 85.3 Å². The minimum Gasteiger partial charge on any atom is -0.299 e. The van der Waals surface area contributed by atoms with Crippen LogP contribution < -0.4 is 0 Å². The highest BCUT2D eigenvalue weighted by Crippen LogP contribution is 2.29. The second kappa shape index (κ2) is 17.9. The van der Waals surface area contributed by atoms with E-state index in [-0.39, 0.29) is 5.41 Å². The molecule has 0 bridgehead atoms. The number of carbonyl (C=O) groups excluding carboxylic acids is 1. The number of rotatable bonds is 8. The highest BCUT2D eigenvalue weighted by molar-refractivity contribution is 5.81. The second-order valence-electron chi connectivity index (χ2n) is 5.45. The van der Waals surface area contributed by atoms with Crippen LogP contribution in [0.4, 0.5) is 0 Å². The Morgan fingerprint density at radius 2 is 1.55 bits per heavy atom. The smallest absolute Gasteiger partial charge is 0.135 e. The van der Waals surface area contributed by atoms with Crippen molar-refractivity contribution in [2.45, 2.75) is 87.5 Å². The van der Waals surface area contributed by atoms with Gasteiger partial charge >= 0.3 is 0 Å². The molecule has 0 amide bonds. The fourth-order valence-corrected chi connectivity index (χ4v) is 2.24. The maximum atomic E-state index is 11.2. The topological polar surface area (TPSA) is 17.1 Å². The molecule has 22 heavy (non-hydrogen) atoms. The molecule has 0 saturated carbocycles. The predicted octanol–water partition coefficient (Wildman–Crippen LogP) is 7.29. The van der Waals surface area contributed by atoms with Gasteiger partial charge in [-0.3, -0.25) is 4.79 Å². The molecule has 0 N–H and O–H groups in total. The minimum absolute atomic E-state index is 0.0382. The third-order valence-corrected chi connectivity index (χ3v) is 3.57. The molecule has 0 aliphatic rings. The van der Waals surface area contributed by atoms with E-state index < -0.39 is 0 Å². The summed E-state index contributed by atoms with van der Waals surface area (Å²) in [5, 5.41) is 0. The average molecular weight is 309 g/mol. The molecule has 0 aromatic heterocycles. The molecule has 1 heteroatoms. The zero-order chi connectivity index (χ0) is 18.0. The highest BCUT2D eigenvalue weighted by atomic mass is 16.1. The first-order chi connectivity index (χ1) is 10.4. The standard InChI is InChI=1S/C10H20O.C9H14.C2H6/c1-5-7-10(4,8-6-2)9(3)11;1-4-7-9(6-3)8-5-2;1-2/h5-8H2,1-4H3;4-5,7-8H,1,6H2,2-3H3;1-2H3/b;8-5-,9-7-;. The van der Waals surface area contributed by atoms with Crippen molar-refractivity contribution in [1.82, 2.24) is 0 Å². The van der Waals surface area contributed by atoms with Crippen molar-refractivity contribution in [2.24, 2.45) is 5.41 Å². The second-order valence-corrected chi connectivity index (χ2v) is 5.45. The van der Waals surface area contributed by atoms with Crippen LogP contribution in [0.1, 0.15) is 87.5 Å². The lowest BCUT2D eigenvalue weighted by Crippen LogP contribution is -2.24. The summed E-state index contributed by atoms with van der Waals surface area (Å²) in [5.74, 6) is 0.348. The molecule has 130 valence electrons. The van der Waals surface area contributed by atoms with E-state index in [2.05, 4.69) is 40.3 Å². The summed E-state index contributed by atoms with van der Waals surface area (Å²) in [6.07, 6.45) is 13.4. The molecule has 0 aliphatic heterocycles. The molecule has 0 aromatic carbocycles. The van der Waals surface area contributed by atoms with E-state index >= 15 is 0 Å². The highest BCUT2D eigenvalue weighted by Gasteiger charge is 2.26. The minimum atomic E-state index is -0.0382. The quantitative estimate of drug-likeness (QED) is 0.430. The van der Waals surface area contributed by atoms with Gasteiger partial charge in [0.2, 0.25) is 0 Å². The van der Waals surface area contributed by atoms with Crippen molar-refractivity contribution in [2.75, 3.05) is 0 Å². The number of hydrogen-bond acceptors (Lipinski definition) is 1. The maximum Gasteiger partial charge on any atom is 0.135 e. The molecule has 0 unspecified atom stereocenters. The summed E-state index contributed by atoms with van der Waals surface area (Å²) in [5.41, 5.74) is 1.29. The molecule has 0 aliphatic carbocycles. The lowest BCUT2D eigenvalue weighted by Gasteiger charge is -2.25. The summed E-state index contributed by atoms with van der Waals surface area (Å²) in [7, 11) is 0. The van der Waals surface area contributed by atoms with Gasteiger partial charge in [-0.15, -0.1) is 0 Å². The summed E-state index contributed by atoms with van der Waals surface area (Å²) in [4.78, 5) is 11.2. The lowest BCUT2D eigenvalue weighted by atomic mass is 9.78. The van der Waals surface area contributed by atoms with Gasteiger partial charge in [-0.05, 0) is 38.7 Å². The average Bonchev–Trinajstić information content (AvgIpc) is 2.50. The first-order valence-corrected chi connectivity index (χ1v) is 8.87. The molecular weight excluding hydrogens is 268 g/mol. The summed E-state index contributed by atoms with van der Waals surface area (Å²) < 4.78 is 0. The Morgan fingerprint density at radius 3 is 1.77 bits per heavy atom. The first kappa shape index (κ1) is 25.8. The van der Waals surface area contributed by atoms with Crippen molar-refractivity contribution in [1.29, 1.82) is 0 Å². The van der Waals surface area contributed by atoms with E-state index in [1.165, 1.54) is 5.57 Å². The van der Waals surface area contributed by atoms with E-state index in [0.29, 0.717) is 5.78 Å². The molecule has 0 atom stereocenters. The third-order valence-electron chi connectivity index (χ3n) is 3.57. The predicted molar refractivity (Wildman–Crippen MR) is 103 cm³/mol. The first-order valence-electron chi connectivity index (χ1n) is 8.87. The fourth-order valence-electron chi connectivity index (χ4n) is 2.24. The third kappa shape index (κ3) is 13.9. The normalized spacial score (nSPS) is 11.2. The number of carbonyl (C=O) groups is 1. The molecule has 1 nitrogen and oxygen atoms in total. The van der Waals surface area contributed by atoms with Crippen LogP contribution >= 0.6 is 0 Å². The van der Waals surface area contributed by atoms with Gasteiger partial charge in [0.05, 0.1) is 0 Å². The molecule has 0 heterocycles. The van der Waals surface area contributed by atoms with Crippen LogP contribution in [0.25, 0.3) is 0 Å². The van der Waals surface area contributed by atoms with E-state index in [1.807, 2.05) is 39.0 Å². The Balaban J connectivity index is -0.000000299. The van der Waals surface area contributed by atoms with Gasteiger partial charge in [0.25, 0.3) is 0 Å². The van der Waals surface area contributed by atoms with Gasteiger partial charge in [0, 0.05) is 5.41 Å². The summed E-state index contributed by atoms with van der Waals surface area (Å²) in [6, 6.07) is 0. The van der Waals surface area contributed by atoms with Crippen LogP contribution in [0, 0.1) is 5.41 Å². The Kier molecular flexibility index (Phi) is 21.1. The van der Waals surface area contributed by atoms with Crippen LogP contribution in [0.3, 0.4) is 0 Å². The monoisotopic (exact) mass is 308 g/mol. The SMILES string of the molecule is C=C/C=C(\C=C/C)CC.CC.CCCC(C)(CCC)C(C)=O. The van der Waals surface area contributed by atoms with E-state index in [1.54, 1.807) is 6.92 Å². The summed E-state index contributed by atoms with van der Waals surface area (Å²) in [6.45, 7) is 19.8. The van der Waals surface area contributed by atoms with E-state index in [0.717, 1.165) is 32.1 Å². The Morgan fingerprint density at radius 1 is 1.09 bits per heavy atom. The number of hydrogen-bond donors (Lipinski definition) is 0. The zero-order valence-corrected chi connectivity index (χ0v) is 16.5. The molecular formula is C21H40O. The largest absolute Gasteiger partial charge is 0.299 e. The van der Waals surface area contributed by atoms with Crippen molar-refractivity contribution >= 4 is 5.78 Å². The van der Waals surface area contributed by atoms with Gasteiger partial charge in [-0.25, -0.2) is 0 Å². The zero-order valence-electron chi connectivity index (χ0n) is 16.5. The van der Waals surface area contributed by atoms with Crippen molar-refractivity contribution in [3.63, 3.8) is 0 Å². The van der Waals surface area contributed by atoms with Gasteiger partial charge in [0.15, 0.2) is 0 Å². The van der Waals surface area contributed by atoms with Crippen molar-refractivity contribution in [3.05, 3.63) is 36.5 Å². The number of allylic oxidation sites excluding steroid dienone is 5. The van der Waals surface area contributed by atoms with Crippen LogP contribution in [0.2, 0.25) is 0 Å². The van der Waals surface area contributed by atoms with Gasteiger partial charge in [-0.2, -0.15) is 0 Å². The Labute approximate surface area is 140 Å². The molecule has 0 spiro atoms. The fraction of sp³-hybridized carbons (Fsp3) is 0.667. The summed E-state index contributed by atoms with van der Waals surface area (Å²) >= 11 is 0. The molecule has 0 aromatic rings. The van der Waals surface area contributed by atoms with Crippen LogP contribution in [0.5, 0.6) is 0 Å².